The summed E-state index contributed by atoms with van der Waals surface area (Å²) in [6.07, 6.45) is 8.58. The van der Waals surface area contributed by atoms with Crippen molar-refractivity contribution in [1.29, 1.82) is 0 Å². The number of aliphatic imine (C=N–C) groups is 1. The quantitative estimate of drug-likeness (QED) is 0.343. The summed E-state index contributed by atoms with van der Waals surface area (Å²) in [5, 5.41) is 6.76. The van der Waals surface area contributed by atoms with Crippen LogP contribution in [0.2, 0.25) is 0 Å². The molecule has 30 heavy (non-hydrogen) atoms. The van der Waals surface area contributed by atoms with E-state index in [9.17, 15) is 0 Å². The molecule has 1 aliphatic carbocycles. The Morgan fingerprint density at radius 1 is 1.10 bits per heavy atom. The van der Waals surface area contributed by atoms with E-state index in [4.69, 9.17) is 19.2 Å². The van der Waals surface area contributed by atoms with Gasteiger partial charge in [0.15, 0.2) is 5.96 Å². The van der Waals surface area contributed by atoms with Crippen LogP contribution in [0.15, 0.2) is 23.2 Å². The molecule has 1 heterocycles. The Kier molecular flexibility index (Phi) is 9.77. The van der Waals surface area contributed by atoms with Crippen LogP contribution in [-0.4, -0.2) is 51.1 Å². The zero-order valence-electron chi connectivity index (χ0n) is 18.8. The van der Waals surface area contributed by atoms with Gasteiger partial charge in [-0.15, -0.1) is 0 Å². The molecule has 0 aromatic heterocycles. The van der Waals surface area contributed by atoms with E-state index in [1.807, 2.05) is 0 Å². The largest absolute Gasteiger partial charge is 0.490 e. The van der Waals surface area contributed by atoms with Gasteiger partial charge in [0.25, 0.3) is 0 Å². The van der Waals surface area contributed by atoms with Crippen LogP contribution in [0.1, 0.15) is 63.0 Å². The highest BCUT2D eigenvalue weighted by Gasteiger charge is 2.18. The molecule has 3 rings (SSSR count). The minimum Gasteiger partial charge on any atom is -0.490 e. The fourth-order valence-corrected chi connectivity index (χ4v) is 3.97. The van der Waals surface area contributed by atoms with Crippen molar-refractivity contribution in [3.05, 3.63) is 29.3 Å². The van der Waals surface area contributed by atoms with Crippen LogP contribution in [-0.2, 0) is 16.0 Å². The number of aryl methyl sites for hydroxylation is 1. The monoisotopic (exact) mass is 417 g/mol. The van der Waals surface area contributed by atoms with Crippen LogP contribution in [0, 0.1) is 6.92 Å². The van der Waals surface area contributed by atoms with Crippen molar-refractivity contribution in [1.82, 2.24) is 10.6 Å². The molecule has 1 aliphatic heterocycles. The second-order valence-corrected chi connectivity index (χ2v) is 8.29. The van der Waals surface area contributed by atoms with E-state index in [0.29, 0.717) is 18.8 Å². The summed E-state index contributed by atoms with van der Waals surface area (Å²) in [5.74, 6) is 1.84. The molecule has 1 aromatic carbocycles. The van der Waals surface area contributed by atoms with Gasteiger partial charge in [0.05, 0.1) is 18.8 Å². The van der Waals surface area contributed by atoms with Crippen LogP contribution >= 0.6 is 0 Å². The van der Waals surface area contributed by atoms with Gasteiger partial charge in [-0.2, -0.15) is 0 Å². The molecular formula is C24H39N3O3. The lowest BCUT2D eigenvalue weighted by Gasteiger charge is -2.22. The third-order valence-electron chi connectivity index (χ3n) is 5.71. The number of benzene rings is 1. The average Bonchev–Trinajstić information content (AvgIpc) is 3.26. The Balaban J connectivity index is 1.47. The number of rotatable bonds is 10. The van der Waals surface area contributed by atoms with Crippen LogP contribution < -0.4 is 15.4 Å². The van der Waals surface area contributed by atoms with Gasteiger partial charge in [-0.1, -0.05) is 12.1 Å². The van der Waals surface area contributed by atoms with Crippen molar-refractivity contribution in [2.24, 2.45) is 4.99 Å². The molecule has 168 valence electrons. The van der Waals surface area contributed by atoms with E-state index >= 15 is 0 Å². The Labute approximate surface area is 181 Å². The molecule has 0 amide bonds. The van der Waals surface area contributed by atoms with Crippen LogP contribution in [0.3, 0.4) is 0 Å². The summed E-state index contributed by atoms with van der Waals surface area (Å²) in [7, 11) is 0. The minimum atomic E-state index is 0.358. The van der Waals surface area contributed by atoms with Gasteiger partial charge in [-0.25, -0.2) is 4.99 Å². The summed E-state index contributed by atoms with van der Waals surface area (Å²) in [5.41, 5.74) is 2.37. The van der Waals surface area contributed by atoms with Crippen LogP contribution in [0.4, 0.5) is 0 Å². The summed E-state index contributed by atoms with van der Waals surface area (Å²) in [6, 6.07) is 6.44. The van der Waals surface area contributed by atoms with Crippen LogP contribution in [0.5, 0.6) is 5.75 Å². The number of nitrogens with one attached hydrogen (secondary N) is 2. The first kappa shape index (κ1) is 22.9. The van der Waals surface area contributed by atoms with E-state index < -0.39 is 0 Å². The first-order chi connectivity index (χ1) is 14.7. The topological polar surface area (TPSA) is 64.1 Å². The summed E-state index contributed by atoms with van der Waals surface area (Å²) < 4.78 is 17.6. The minimum absolute atomic E-state index is 0.358. The van der Waals surface area contributed by atoms with Gasteiger partial charge in [-0.05, 0) is 70.4 Å². The number of ether oxygens (including phenoxy) is 3. The second kappa shape index (κ2) is 12.8. The second-order valence-electron chi connectivity index (χ2n) is 8.29. The summed E-state index contributed by atoms with van der Waals surface area (Å²) in [4.78, 5) is 4.79. The van der Waals surface area contributed by atoms with Gasteiger partial charge >= 0.3 is 0 Å². The van der Waals surface area contributed by atoms with Crippen molar-refractivity contribution in [3.63, 3.8) is 0 Å². The molecule has 0 unspecified atom stereocenters. The summed E-state index contributed by atoms with van der Waals surface area (Å²) >= 11 is 0. The van der Waals surface area contributed by atoms with E-state index in [1.165, 1.54) is 18.4 Å². The third-order valence-corrected chi connectivity index (χ3v) is 5.71. The predicted octanol–water partition coefficient (Wildman–Crippen LogP) is 3.96. The smallest absolute Gasteiger partial charge is 0.191 e. The summed E-state index contributed by atoms with van der Waals surface area (Å²) in [6.45, 7) is 8.91. The number of nitrogens with zero attached hydrogens (tertiary/aromatic N) is 1. The lowest BCUT2D eigenvalue weighted by molar-refractivity contribution is -0.0320. The van der Waals surface area contributed by atoms with Gasteiger partial charge in [0.1, 0.15) is 5.75 Å². The van der Waals surface area contributed by atoms with Gasteiger partial charge in [0.2, 0.25) is 0 Å². The molecule has 6 nitrogen and oxygen atoms in total. The zero-order chi connectivity index (χ0) is 21.0. The SMILES string of the molecule is CCNC(=NCc1ccc(C)cc1OC1CCCC1)NCCCOC1CCOCC1. The number of hydrogen-bond acceptors (Lipinski definition) is 4. The standard InChI is InChI=1S/C24H39N3O3/c1-3-25-24(26-13-6-14-29-21-11-15-28-16-12-21)27-18-20-10-9-19(2)17-23(20)30-22-7-4-5-8-22/h9-10,17,21-22H,3-8,11-16,18H2,1-2H3,(H2,25,26,27). The van der Waals surface area contributed by atoms with Crippen molar-refractivity contribution >= 4 is 5.96 Å². The van der Waals surface area contributed by atoms with Crippen molar-refractivity contribution in [2.75, 3.05) is 32.9 Å². The molecule has 1 saturated heterocycles. The molecule has 2 aliphatic rings. The highest BCUT2D eigenvalue weighted by atomic mass is 16.5. The van der Waals surface area contributed by atoms with Crippen molar-refractivity contribution in [3.8, 4) is 5.75 Å². The highest BCUT2D eigenvalue weighted by Crippen LogP contribution is 2.28. The molecule has 0 bridgehead atoms. The first-order valence-electron chi connectivity index (χ1n) is 11.7. The molecule has 0 atom stereocenters. The first-order valence-corrected chi connectivity index (χ1v) is 11.7. The Morgan fingerprint density at radius 2 is 1.90 bits per heavy atom. The Hall–Kier alpha value is -1.79. The molecule has 1 aromatic rings. The molecular weight excluding hydrogens is 378 g/mol. The van der Waals surface area contributed by atoms with Gasteiger partial charge < -0.3 is 24.8 Å². The molecule has 6 heteroatoms. The lowest BCUT2D eigenvalue weighted by atomic mass is 10.1. The third kappa shape index (κ3) is 7.80. The molecule has 2 N–H and O–H groups in total. The zero-order valence-corrected chi connectivity index (χ0v) is 18.8. The van der Waals surface area contributed by atoms with E-state index in [0.717, 1.165) is 82.3 Å². The normalized spacial score (nSPS) is 18.5. The average molecular weight is 418 g/mol. The maximum atomic E-state index is 6.31. The van der Waals surface area contributed by atoms with Crippen molar-refractivity contribution < 1.29 is 14.2 Å². The Bertz CT molecular complexity index is 653. The van der Waals surface area contributed by atoms with E-state index in [2.05, 4.69) is 42.7 Å². The Morgan fingerprint density at radius 3 is 2.67 bits per heavy atom. The molecule has 0 radical (unpaired) electrons. The number of hydrogen-bond donors (Lipinski definition) is 2. The van der Waals surface area contributed by atoms with Gasteiger partial charge in [-0.3, -0.25) is 0 Å². The number of guanidine groups is 1. The fourth-order valence-electron chi connectivity index (χ4n) is 3.97. The molecule has 1 saturated carbocycles. The predicted molar refractivity (Wildman–Crippen MR) is 121 cm³/mol. The van der Waals surface area contributed by atoms with E-state index in [-0.39, 0.29) is 0 Å². The van der Waals surface area contributed by atoms with Gasteiger partial charge in [0, 0.05) is 38.5 Å². The highest BCUT2D eigenvalue weighted by molar-refractivity contribution is 5.79. The maximum Gasteiger partial charge on any atom is 0.191 e. The lowest BCUT2D eigenvalue weighted by Crippen LogP contribution is -2.38. The van der Waals surface area contributed by atoms with E-state index in [1.54, 1.807) is 0 Å². The molecule has 2 fully saturated rings. The maximum absolute atomic E-state index is 6.31. The van der Waals surface area contributed by atoms with Crippen molar-refractivity contribution in [2.45, 2.75) is 77.5 Å². The molecule has 0 spiro atoms. The van der Waals surface area contributed by atoms with Crippen LogP contribution in [0.25, 0.3) is 0 Å². The fraction of sp³-hybridized carbons (Fsp3) is 0.708.